The molecule has 0 unspecified atom stereocenters. The highest BCUT2D eigenvalue weighted by Crippen LogP contribution is 2.32. The molecule has 0 atom stereocenters. The molecule has 0 aliphatic carbocycles. The molecule has 0 bridgehead atoms. The van der Waals surface area contributed by atoms with Gasteiger partial charge in [0.25, 0.3) is 15.9 Å². The van der Waals surface area contributed by atoms with E-state index in [1.807, 2.05) is 52.0 Å². The summed E-state index contributed by atoms with van der Waals surface area (Å²) in [5, 5.41) is 3.76. The molecule has 0 spiro atoms. The van der Waals surface area contributed by atoms with E-state index in [1.54, 1.807) is 24.3 Å². The Labute approximate surface area is 176 Å². The average Bonchev–Trinajstić information content (AvgIpc) is 3.09. The van der Waals surface area contributed by atoms with E-state index in [0.29, 0.717) is 23.5 Å². The zero-order valence-corrected chi connectivity index (χ0v) is 18.7. The molecule has 5 nitrogen and oxygen atoms in total. The summed E-state index contributed by atoms with van der Waals surface area (Å²) in [5.74, 6) is -0.111. The fraction of sp³-hybridized carbons (Fsp3) is 0.318. The first-order valence-corrected chi connectivity index (χ1v) is 11.9. The van der Waals surface area contributed by atoms with E-state index >= 15 is 0 Å². The van der Waals surface area contributed by atoms with Gasteiger partial charge in [-0.05, 0) is 69.0 Å². The summed E-state index contributed by atoms with van der Waals surface area (Å²) >= 11 is 1.41. The number of fused-ring (bicyclic) bond motifs is 1. The predicted molar refractivity (Wildman–Crippen MR) is 120 cm³/mol. The van der Waals surface area contributed by atoms with Gasteiger partial charge in [-0.2, -0.15) is 0 Å². The molecule has 1 aromatic heterocycles. The molecule has 1 heterocycles. The van der Waals surface area contributed by atoms with Gasteiger partial charge >= 0.3 is 0 Å². The summed E-state index contributed by atoms with van der Waals surface area (Å²) in [6, 6.07) is 14.3. The number of anilines is 1. The van der Waals surface area contributed by atoms with Crippen LogP contribution >= 0.6 is 11.3 Å². The van der Waals surface area contributed by atoms with E-state index < -0.39 is 10.0 Å². The fourth-order valence-corrected chi connectivity index (χ4v) is 5.55. The zero-order valence-electron chi connectivity index (χ0n) is 17.1. The van der Waals surface area contributed by atoms with E-state index in [9.17, 15) is 13.2 Å². The van der Waals surface area contributed by atoms with E-state index in [0.717, 1.165) is 15.6 Å². The van der Waals surface area contributed by atoms with Crippen LogP contribution in [0.3, 0.4) is 0 Å². The number of hydrogen-bond acceptors (Lipinski definition) is 4. The topological polar surface area (TPSA) is 66.5 Å². The molecule has 0 radical (unpaired) electrons. The number of benzene rings is 2. The maximum absolute atomic E-state index is 13.3. The lowest BCUT2D eigenvalue weighted by molar-refractivity contribution is 0.0947. The van der Waals surface area contributed by atoms with E-state index in [1.165, 1.54) is 15.6 Å². The Morgan fingerprint density at radius 3 is 2.41 bits per heavy atom. The quantitative estimate of drug-likeness (QED) is 0.576. The number of thiophene rings is 1. The van der Waals surface area contributed by atoms with Crippen molar-refractivity contribution in [1.82, 2.24) is 5.32 Å². The van der Waals surface area contributed by atoms with Crippen molar-refractivity contribution in [3.05, 3.63) is 59.0 Å². The number of aryl methyl sites for hydroxylation is 1. The number of nitrogens with one attached hydrogen (secondary N) is 1. The van der Waals surface area contributed by atoms with Gasteiger partial charge in [0.1, 0.15) is 0 Å². The number of sulfonamides is 1. The van der Waals surface area contributed by atoms with Crippen molar-refractivity contribution < 1.29 is 13.2 Å². The first-order chi connectivity index (χ1) is 13.7. The van der Waals surface area contributed by atoms with Gasteiger partial charge in [-0.1, -0.05) is 24.6 Å². The molecule has 3 rings (SSSR count). The van der Waals surface area contributed by atoms with Gasteiger partial charge in [0.2, 0.25) is 0 Å². The molecule has 1 amide bonds. The smallest absolute Gasteiger partial charge is 0.264 e. The summed E-state index contributed by atoms with van der Waals surface area (Å²) in [4.78, 5) is 13.2. The van der Waals surface area contributed by atoms with Crippen molar-refractivity contribution in [2.75, 3.05) is 10.8 Å². The first kappa shape index (κ1) is 21.3. The summed E-state index contributed by atoms with van der Waals surface area (Å²) in [6.45, 7) is 8.10. The molecular weight excluding hydrogens is 404 g/mol. The van der Waals surface area contributed by atoms with Crippen molar-refractivity contribution in [3.63, 3.8) is 0 Å². The van der Waals surface area contributed by atoms with Crippen LogP contribution in [0.1, 0.15) is 42.4 Å². The van der Waals surface area contributed by atoms with Crippen LogP contribution in [0.2, 0.25) is 0 Å². The van der Waals surface area contributed by atoms with Gasteiger partial charge in [-0.15, -0.1) is 11.3 Å². The minimum absolute atomic E-state index is 0.0583. The van der Waals surface area contributed by atoms with Crippen LogP contribution < -0.4 is 9.62 Å². The molecule has 1 N–H and O–H groups in total. The second kappa shape index (κ2) is 8.55. The maximum atomic E-state index is 13.3. The lowest BCUT2D eigenvalue weighted by atomic mass is 10.2. The van der Waals surface area contributed by atoms with Gasteiger partial charge in [0, 0.05) is 17.3 Å². The second-order valence-corrected chi connectivity index (χ2v) is 10.3. The summed E-state index contributed by atoms with van der Waals surface area (Å²) in [7, 11) is -3.67. The number of hydrogen-bond donors (Lipinski definition) is 1. The highest BCUT2D eigenvalue weighted by Gasteiger charge is 2.24. The molecule has 3 aromatic rings. The summed E-state index contributed by atoms with van der Waals surface area (Å²) in [6.07, 6.45) is 0.689. The molecule has 0 aliphatic heterocycles. The van der Waals surface area contributed by atoms with Crippen LogP contribution in [0.4, 0.5) is 5.69 Å². The van der Waals surface area contributed by atoms with Crippen LogP contribution in [0.5, 0.6) is 0 Å². The third kappa shape index (κ3) is 4.62. The molecule has 0 aliphatic rings. The summed E-state index contributed by atoms with van der Waals surface area (Å²) in [5.41, 5.74) is 1.62. The second-order valence-electron chi connectivity index (χ2n) is 7.35. The number of rotatable bonds is 7. The van der Waals surface area contributed by atoms with Crippen molar-refractivity contribution in [2.24, 2.45) is 0 Å². The largest absolute Gasteiger partial charge is 0.349 e. The van der Waals surface area contributed by atoms with Gasteiger partial charge in [0.05, 0.1) is 15.5 Å². The van der Waals surface area contributed by atoms with Crippen LogP contribution in [0.25, 0.3) is 10.1 Å². The third-order valence-electron chi connectivity index (χ3n) is 4.47. The number of carbonyl (C=O) groups excluding carboxylic acids is 1. The Morgan fingerprint density at radius 1 is 1.10 bits per heavy atom. The zero-order chi connectivity index (χ0) is 21.2. The SMILES string of the molecule is CCCN(c1ccc2sc(C(=O)NC(C)C)cc2c1)S(=O)(=O)c1ccc(C)cc1. The monoisotopic (exact) mass is 430 g/mol. The van der Waals surface area contributed by atoms with Gasteiger partial charge in [-0.3, -0.25) is 9.10 Å². The van der Waals surface area contributed by atoms with Crippen LogP contribution in [0.15, 0.2) is 53.4 Å². The van der Waals surface area contributed by atoms with Crippen molar-refractivity contribution in [2.45, 2.75) is 45.1 Å². The predicted octanol–water partition coefficient (Wildman–Crippen LogP) is 4.95. The first-order valence-electron chi connectivity index (χ1n) is 9.66. The average molecular weight is 431 g/mol. The molecule has 154 valence electrons. The lowest BCUT2D eigenvalue weighted by Crippen LogP contribution is -2.31. The standard InChI is InChI=1S/C22H26N2O3S2/c1-5-12-24(29(26,27)19-9-6-16(4)7-10-19)18-8-11-20-17(13-18)14-21(28-20)22(25)23-15(2)3/h6-11,13-15H,5,12H2,1-4H3,(H,23,25). The van der Waals surface area contributed by atoms with Crippen LogP contribution in [0, 0.1) is 6.92 Å². The minimum Gasteiger partial charge on any atom is -0.349 e. The van der Waals surface area contributed by atoms with Gasteiger partial charge in [0.15, 0.2) is 0 Å². The number of amides is 1. The molecule has 7 heteroatoms. The highest BCUT2D eigenvalue weighted by atomic mass is 32.2. The van der Waals surface area contributed by atoms with Crippen molar-refractivity contribution in [3.8, 4) is 0 Å². The van der Waals surface area contributed by atoms with Gasteiger partial charge in [-0.25, -0.2) is 8.42 Å². The number of carbonyl (C=O) groups is 1. The molecule has 0 saturated carbocycles. The highest BCUT2D eigenvalue weighted by molar-refractivity contribution is 7.92. The van der Waals surface area contributed by atoms with Crippen LogP contribution in [-0.2, 0) is 10.0 Å². The van der Waals surface area contributed by atoms with E-state index in [4.69, 9.17) is 0 Å². The lowest BCUT2D eigenvalue weighted by Gasteiger charge is -2.24. The Morgan fingerprint density at radius 2 is 1.79 bits per heavy atom. The molecule has 29 heavy (non-hydrogen) atoms. The van der Waals surface area contributed by atoms with Gasteiger partial charge < -0.3 is 5.32 Å². The molecule has 0 saturated heterocycles. The van der Waals surface area contributed by atoms with Crippen molar-refractivity contribution >= 4 is 43.0 Å². The minimum atomic E-state index is -3.67. The maximum Gasteiger partial charge on any atom is 0.264 e. The Hall–Kier alpha value is -2.38. The number of nitrogens with zero attached hydrogens (tertiary/aromatic N) is 1. The van der Waals surface area contributed by atoms with Crippen molar-refractivity contribution in [1.29, 1.82) is 0 Å². The molecular formula is C22H26N2O3S2. The van der Waals surface area contributed by atoms with E-state index in [2.05, 4.69) is 5.32 Å². The molecule has 0 fully saturated rings. The van der Waals surface area contributed by atoms with E-state index in [-0.39, 0.29) is 16.8 Å². The normalized spacial score (nSPS) is 11.8. The third-order valence-corrected chi connectivity index (χ3v) is 7.42. The molecule has 2 aromatic carbocycles. The van der Waals surface area contributed by atoms with Crippen LogP contribution in [-0.4, -0.2) is 26.9 Å². The Balaban J connectivity index is 2.01. The Bertz CT molecular complexity index is 1120. The fourth-order valence-electron chi connectivity index (χ4n) is 3.06. The summed E-state index contributed by atoms with van der Waals surface area (Å²) < 4.78 is 28.9. The Kier molecular flexibility index (Phi) is 6.29.